The van der Waals surface area contributed by atoms with Gasteiger partial charge in [-0.2, -0.15) is 0 Å². The number of ether oxygens (including phenoxy) is 1. The number of urea groups is 1. The smallest absolute Gasteiger partial charge is 0.338 e. The van der Waals surface area contributed by atoms with E-state index in [1.807, 2.05) is 0 Å². The fourth-order valence-electron chi connectivity index (χ4n) is 1.86. The minimum absolute atomic E-state index is 0.279. The zero-order valence-electron chi connectivity index (χ0n) is 10.1. The van der Waals surface area contributed by atoms with Crippen LogP contribution in [0.4, 0.5) is 4.79 Å². The summed E-state index contributed by atoms with van der Waals surface area (Å²) in [6.07, 6.45) is 2.98. The third-order valence-corrected chi connectivity index (χ3v) is 2.64. The largest absolute Gasteiger partial charge is 0.472 e. The number of nitrogens with one attached hydrogen (secondary N) is 2. The number of rotatable bonds is 3. The van der Waals surface area contributed by atoms with Crippen molar-refractivity contribution in [1.29, 1.82) is 0 Å². The van der Waals surface area contributed by atoms with Gasteiger partial charge in [0, 0.05) is 11.3 Å². The first-order valence-corrected chi connectivity index (χ1v) is 5.61. The Morgan fingerprint density at radius 1 is 1.56 bits per heavy atom. The van der Waals surface area contributed by atoms with Gasteiger partial charge in [0.1, 0.15) is 0 Å². The standard InChI is InChI=1S/C12H14N2O4/c1-3-18-11(15)9-7(2)13-12(16)14-10(9)8-4-5-17-6-8/h4-6,10H,3H2,1-2H3,(H2,13,14,16)/t10-/m0/s1. The van der Waals surface area contributed by atoms with Crippen LogP contribution < -0.4 is 10.6 Å². The molecule has 0 saturated heterocycles. The highest BCUT2D eigenvalue weighted by molar-refractivity contribution is 5.94. The van der Waals surface area contributed by atoms with Crippen LogP contribution in [0.2, 0.25) is 0 Å². The highest BCUT2D eigenvalue weighted by atomic mass is 16.5. The maximum absolute atomic E-state index is 11.9. The molecular weight excluding hydrogens is 236 g/mol. The lowest BCUT2D eigenvalue weighted by molar-refractivity contribution is -0.139. The monoisotopic (exact) mass is 250 g/mol. The van der Waals surface area contributed by atoms with E-state index in [1.54, 1.807) is 19.9 Å². The minimum Gasteiger partial charge on any atom is -0.472 e. The summed E-state index contributed by atoms with van der Waals surface area (Å²) in [6.45, 7) is 3.68. The van der Waals surface area contributed by atoms with Gasteiger partial charge in [-0.15, -0.1) is 0 Å². The van der Waals surface area contributed by atoms with Crippen molar-refractivity contribution < 1.29 is 18.7 Å². The molecule has 0 radical (unpaired) electrons. The Kier molecular flexibility index (Phi) is 3.36. The quantitative estimate of drug-likeness (QED) is 0.796. The molecule has 0 aliphatic carbocycles. The Morgan fingerprint density at radius 3 is 2.94 bits per heavy atom. The van der Waals surface area contributed by atoms with Crippen LogP contribution >= 0.6 is 0 Å². The molecule has 2 amide bonds. The molecule has 1 aliphatic rings. The first kappa shape index (κ1) is 12.2. The molecule has 0 unspecified atom stereocenters. The molecule has 2 heterocycles. The van der Waals surface area contributed by atoms with Crippen LogP contribution in [0.5, 0.6) is 0 Å². The van der Waals surface area contributed by atoms with Crippen molar-refractivity contribution in [2.24, 2.45) is 0 Å². The SMILES string of the molecule is CCOC(=O)C1=C(C)NC(=O)N[C@H]1c1ccoc1. The van der Waals surface area contributed by atoms with E-state index >= 15 is 0 Å². The Morgan fingerprint density at radius 2 is 2.33 bits per heavy atom. The molecule has 96 valence electrons. The molecule has 0 bridgehead atoms. The number of furan rings is 1. The molecule has 0 fully saturated rings. The zero-order chi connectivity index (χ0) is 13.1. The summed E-state index contributed by atoms with van der Waals surface area (Å²) in [7, 11) is 0. The van der Waals surface area contributed by atoms with Crippen LogP contribution in [0, 0.1) is 0 Å². The predicted molar refractivity (Wildman–Crippen MR) is 62.4 cm³/mol. The van der Waals surface area contributed by atoms with Gasteiger partial charge in [0.15, 0.2) is 0 Å². The van der Waals surface area contributed by atoms with Crippen molar-refractivity contribution >= 4 is 12.0 Å². The summed E-state index contributed by atoms with van der Waals surface area (Å²) in [5, 5.41) is 5.23. The van der Waals surface area contributed by atoms with Gasteiger partial charge >= 0.3 is 12.0 Å². The number of carbonyl (C=O) groups is 2. The van der Waals surface area contributed by atoms with E-state index < -0.39 is 12.0 Å². The van der Waals surface area contributed by atoms with Crippen LogP contribution in [0.3, 0.4) is 0 Å². The summed E-state index contributed by atoms with van der Waals surface area (Å²) < 4.78 is 9.98. The number of esters is 1. The van der Waals surface area contributed by atoms with Gasteiger partial charge in [0.2, 0.25) is 0 Å². The molecule has 1 aromatic heterocycles. The average Bonchev–Trinajstić information content (AvgIpc) is 2.81. The van der Waals surface area contributed by atoms with Crippen molar-refractivity contribution in [2.75, 3.05) is 6.61 Å². The lowest BCUT2D eigenvalue weighted by Crippen LogP contribution is -2.45. The molecule has 1 aliphatic heterocycles. The number of allylic oxidation sites excluding steroid dienone is 1. The molecule has 0 saturated carbocycles. The van der Waals surface area contributed by atoms with E-state index in [4.69, 9.17) is 9.15 Å². The first-order valence-electron chi connectivity index (χ1n) is 5.61. The minimum atomic E-state index is -0.545. The van der Waals surface area contributed by atoms with E-state index in [0.29, 0.717) is 16.8 Å². The summed E-state index contributed by atoms with van der Waals surface area (Å²) in [4.78, 5) is 23.4. The number of hydrogen-bond acceptors (Lipinski definition) is 4. The lowest BCUT2D eigenvalue weighted by Gasteiger charge is -2.26. The van der Waals surface area contributed by atoms with E-state index in [-0.39, 0.29) is 12.6 Å². The molecular formula is C12H14N2O4. The molecule has 2 rings (SSSR count). The third kappa shape index (κ3) is 2.22. The van der Waals surface area contributed by atoms with Crippen LogP contribution in [0.25, 0.3) is 0 Å². The highest BCUT2D eigenvalue weighted by Crippen LogP contribution is 2.27. The summed E-state index contributed by atoms with van der Waals surface area (Å²) in [5.74, 6) is -0.450. The molecule has 2 N–H and O–H groups in total. The second kappa shape index (κ2) is 4.95. The normalized spacial score (nSPS) is 19.2. The van der Waals surface area contributed by atoms with Crippen LogP contribution in [-0.4, -0.2) is 18.6 Å². The second-order valence-corrected chi connectivity index (χ2v) is 3.85. The van der Waals surface area contributed by atoms with E-state index in [1.165, 1.54) is 12.5 Å². The second-order valence-electron chi connectivity index (χ2n) is 3.85. The van der Waals surface area contributed by atoms with Crippen LogP contribution in [-0.2, 0) is 9.53 Å². The first-order chi connectivity index (χ1) is 8.63. The van der Waals surface area contributed by atoms with Gasteiger partial charge in [-0.25, -0.2) is 9.59 Å². The van der Waals surface area contributed by atoms with Crippen LogP contribution in [0.1, 0.15) is 25.5 Å². The topological polar surface area (TPSA) is 80.6 Å². The lowest BCUT2D eigenvalue weighted by atomic mass is 9.98. The van der Waals surface area contributed by atoms with Gasteiger partial charge < -0.3 is 19.8 Å². The molecule has 0 spiro atoms. The summed E-state index contributed by atoms with van der Waals surface area (Å²) in [6, 6.07) is 0.797. The molecule has 0 aromatic carbocycles. The number of hydrogen-bond donors (Lipinski definition) is 2. The average molecular weight is 250 g/mol. The maximum Gasteiger partial charge on any atom is 0.338 e. The Bertz CT molecular complexity index is 490. The Balaban J connectivity index is 2.38. The summed E-state index contributed by atoms with van der Waals surface area (Å²) >= 11 is 0. The van der Waals surface area contributed by atoms with E-state index in [0.717, 1.165) is 0 Å². The van der Waals surface area contributed by atoms with Crippen molar-refractivity contribution in [1.82, 2.24) is 10.6 Å². The van der Waals surface area contributed by atoms with Crippen molar-refractivity contribution in [3.8, 4) is 0 Å². The van der Waals surface area contributed by atoms with Crippen molar-refractivity contribution in [2.45, 2.75) is 19.9 Å². The van der Waals surface area contributed by atoms with Gasteiger partial charge in [-0.1, -0.05) is 0 Å². The molecule has 6 nitrogen and oxygen atoms in total. The van der Waals surface area contributed by atoms with Crippen molar-refractivity contribution in [3.63, 3.8) is 0 Å². The van der Waals surface area contributed by atoms with Gasteiger partial charge in [0.25, 0.3) is 0 Å². The van der Waals surface area contributed by atoms with Crippen LogP contribution in [0.15, 0.2) is 34.3 Å². The number of amides is 2. The molecule has 1 aromatic rings. The fourth-order valence-corrected chi connectivity index (χ4v) is 1.86. The third-order valence-electron chi connectivity index (χ3n) is 2.64. The highest BCUT2D eigenvalue weighted by Gasteiger charge is 2.32. The zero-order valence-corrected chi connectivity index (χ0v) is 10.1. The Labute approximate surface area is 104 Å². The van der Waals surface area contributed by atoms with Gasteiger partial charge in [-0.05, 0) is 19.9 Å². The molecule has 18 heavy (non-hydrogen) atoms. The maximum atomic E-state index is 11.9. The van der Waals surface area contributed by atoms with Gasteiger partial charge in [0.05, 0.1) is 30.7 Å². The Hall–Kier alpha value is -2.24. The van der Waals surface area contributed by atoms with Gasteiger partial charge in [-0.3, -0.25) is 0 Å². The van der Waals surface area contributed by atoms with E-state index in [9.17, 15) is 9.59 Å². The summed E-state index contributed by atoms with van der Waals surface area (Å²) in [5.41, 5.74) is 1.58. The number of carbonyl (C=O) groups excluding carboxylic acids is 2. The molecule has 1 atom stereocenters. The van der Waals surface area contributed by atoms with E-state index in [2.05, 4.69) is 10.6 Å². The fraction of sp³-hybridized carbons (Fsp3) is 0.333. The molecule has 6 heteroatoms. The predicted octanol–water partition coefficient (Wildman–Crippen LogP) is 1.47. The van der Waals surface area contributed by atoms with Crippen molar-refractivity contribution in [3.05, 3.63) is 35.4 Å².